The third-order valence-corrected chi connectivity index (χ3v) is 3.35. The van der Waals surface area contributed by atoms with E-state index in [2.05, 4.69) is 15.4 Å². The van der Waals surface area contributed by atoms with Crippen LogP contribution in [0.1, 0.15) is 26.3 Å². The van der Waals surface area contributed by atoms with Crippen molar-refractivity contribution in [3.63, 3.8) is 0 Å². The van der Waals surface area contributed by atoms with Gasteiger partial charge in [0.05, 0.1) is 7.11 Å². The average molecular weight is 336 g/mol. The zero-order chi connectivity index (χ0) is 18.1. The van der Waals surface area contributed by atoms with Gasteiger partial charge in [-0.1, -0.05) is 44.2 Å². The van der Waals surface area contributed by atoms with E-state index in [4.69, 9.17) is 4.74 Å². The molecule has 0 heterocycles. The number of amides is 2. The first kappa shape index (κ1) is 19.5. The van der Waals surface area contributed by atoms with Crippen molar-refractivity contribution in [1.82, 2.24) is 10.6 Å². The maximum Gasteiger partial charge on any atom is 0.408 e. The highest BCUT2D eigenvalue weighted by Crippen LogP contribution is 2.05. The molecule has 2 atom stereocenters. The van der Waals surface area contributed by atoms with E-state index in [1.165, 1.54) is 14.0 Å². The van der Waals surface area contributed by atoms with Gasteiger partial charge in [-0.2, -0.15) is 0 Å². The van der Waals surface area contributed by atoms with E-state index in [1.54, 1.807) is 13.8 Å². The lowest BCUT2D eigenvalue weighted by molar-refractivity contribution is -0.144. The van der Waals surface area contributed by atoms with Gasteiger partial charge in [-0.3, -0.25) is 4.79 Å². The topological polar surface area (TPSA) is 93.7 Å². The van der Waals surface area contributed by atoms with Gasteiger partial charge in [0.25, 0.3) is 0 Å². The van der Waals surface area contributed by atoms with Crippen molar-refractivity contribution in [1.29, 1.82) is 0 Å². The predicted octanol–water partition coefficient (Wildman–Crippen LogP) is 1.62. The molecule has 0 aliphatic carbocycles. The van der Waals surface area contributed by atoms with Gasteiger partial charge in [0, 0.05) is 0 Å². The van der Waals surface area contributed by atoms with E-state index in [1.807, 2.05) is 30.3 Å². The number of carbonyl (C=O) groups excluding carboxylic acids is 3. The van der Waals surface area contributed by atoms with Crippen LogP contribution in [0.15, 0.2) is 30.3 Å². The van der Waals surface area contributed by atoms with Crippen LogP contribution in [0.25, 0.3) is 0 Å². The first-order valence-corrected chi connectivity index (χ1v) is 7.70. The van der Waals surface area contributed by atoms with E-state index in [0.717, 1.165) is 5.56 Å². The zero-order valence-electron chi connectivity index (χ0n) is 14.4. The number of hydrogen-bond acceptors (Lipinski definition) is 5. The normalized spacial score (nSPS) is 12.9. The van der Waals surface area contributed by atoms with Gasteiger partial charge < -0.3 is 20.1 Å². The van der Waals surface area contributed by atoms with Crippen LogP contribution < -0.4 is 10.6 Å². The van der Waals surface area contributed by atoms with Crippen molar-refractivity contribution in [2.45, 2.75) is 39.5 Å². The highest BCUT2D eigenvalue weighted by atomic mass is 16.5. The Morgan fingerprint density at radius 2 is 1.67 bits per heavy atom. The number of ether oxygens (including phenoxy) is 2. The summed E-state index contributed by atoms with van der Waals surface area (Å²) in [5.41, 5.74) is 0.845. The molecule has 132 valence electrons. The highest BCUT2D eigenvalue weighted by Gasteiger charge is 2.27. The minimum atomic E-state index is -0.819. The van der Waals surface area contributed by atoms with E-state index in [-0.39, 0.29) is 12.5 Å². The molecule has 0 fully saturated rings. The largest absolute Gasteiger partial charge is 0.467 e. The fourth-order valence-corrected chi connectivity index (χ4v) is 1.97. The molecule has 0 bridgehead atoms. The molecule has 0 aromatic heterocycles. The molecule has 1 rings (SSSR count). The van der Waals surface area contributed by atoms with Gasteiger partial charge in [-0.05, 0) is 18.4 Å². The van der Waals surface area contributed by atoms with Crippen molar-refractivity contribution in [3.8, 4) is 0 Å². The third kappa shape index (κ3) is 6.28. The van der Waals surface area contributed by atoms with Crippen LogP contribution in [-0.4, -0.2) is 37.2 Å². The van der Waals surface area contributed by atoms with Gasteiger partial charge in [-0.15, -0.1) is 0 Å². The smallest absolute Gasteiger partial charge is 0.408 e. The second-order valence-corrected chi connectivity index (χ2v) is 5.68. The molecule has 7 heteroatoms. The van der Waals surface area contributed by atoms with Crippen LogP contribution in [0, 0.1) is 5.92 Å². The van der Waals surface area contributed by atoms with Crippen LogP contribution in [-0.2, 0) is 25.7 Å². The molecule has 0 spiro atoms. The Morgan fingerprint density at radius 3 is 2.21 bits per heavy atom. The molecule has 1 aromatic carbocycles. The summed E-state index contributed by atoms with van der Waals surface area (Å²) in [7, 11) is 1.24. The van der Waals surface area contributed by atoms with E-state index in [9.17, 15) is 14.4 Å². The number of esters is 1. The second kappa shape index (κ2) is 9.54. The van der Waals surface area contributed by atoms with Crippen molar-refractivity contribution >= 4 is 18.0 Å². The number of methoxy groups -OCH3 is 1. The van der Waals surface area contributed by atoms with Gasteiger partial charge in [0.1, 0.15) is 18.7 Å². The number of nitrogens with one attached hydrogen (secondary N) is 2. The number of benzene rings is 1. The standard InChI is InChI=1S/C17H24N2O5/c1-11(2)14(15(20)18-12(3)16(21)23-4)19-17(22)24-10-13-8-6-5-7-9-13/h5-9,11-12,14H,10H2,1-4H3,(H,18,20)(H,19,22). The number of rotatable bonds is 7. The maximum absolute atomic E-state index is 12.2. The van der Waals surface area contributed by atoms with E-state index >= 15 is 0 Å². The van der Waals surface area contributed by atoms with E-state index < -0.39 is 30.1 Å². The molecule has 0 aliphatic rings. The summed E-state index contributed by atoms with van der Waals surface area (Å²) in [5.74, 6) is -1.21. The van der Waals surface area contributed by atoms with Gasteiger partial charge in [-0.25, -0.2) is 9.59 Å². The molecule has 2 N–H and O–H groups in total. The van der Waals surface area contributed by atoms with Crippen LogP contribution in [0.5, 0.6) is 0 Å². The lowest BCUT2D eigenvalue weighted by atomic mass is 10.0. The molecule has 2 unspecified atom stereocenters. The Labute approximate surface area is 141 Å². The minimum Gasteiger partial charge on any atom is -0.467 e. The molecule has 24 heavy (non-hydrogen) atoms. The molecule has 1 aromatic rings. The Kier molecular flexibility index (Phi) is 7.74. The lowest BCUT2D eigenvalue weighted by Crippen LogP contribution is -2.53. The number of hydrogen-bond donors (Lipinski definition) is 2. The van der Waals surface area contributed by atoms with Gasteiger partial charge in [0.15, 0.2) is 0 Å². The first-order chi connectivity index (χ1) is 11.3. The average Bonchev–Trinajstić information content (AvgIpc) is 2.57. The molecule has 7 nitrogen and oxygen atoms in total. The maximum atomic E-state index is 12.2. The number of carbonyl (C=O) groups is 3. The lowest BCUT2D eigenvalue weighted by Gasteiger charge is -2.23. The summed E-state index contributed by atoms with van der Waals surface area (Å²) in [6, 6.07) is 7.59. The summed E-state index contributed by atoms with van der Waals surface area (Å²) in [6.07, 6.45) is -0.696. The van der Waals surface area contributed by atoms with Gasteiger partial charge >= 0.3 is 12.1 Å². The van der Waals surface area contributed by atoms with Gasteiger partial charge in [0.2, 0.25) is 5.91 Å². The predicted molar refractivity (Wildman–Crippen MR) is 88.0 cm³/mol. The summed E-state index contributed by atoms with van der Waals surface area (Å²) >= 11 is 0. The molecule has 0 radical (unpaired) electrons. The summed E-state index contributed by atoms with van der Waals surface area (Å²) in [6.45, 7) is 5.18. The number of alkyl carbamates (subject to hydrolysis) is 1. The SMILES string of the molecule is COC(=O)C(C)NC(=O)C(NC(=O)OCc1ccccc1)C(C)C. The monoisotopic (exact) mass is 336 g/mol. The Morgan fingerprint density at radius 1 is 1.04 bits per heavy atom. The van der Waals surface area contributed by atoms with E-state index in [0.29, 0.717) is 0 Å². The molecule has 0 saturated carbocycles. The Bertz CT molecular complexity index is 559. The van der Waals surface area contributed by atoms with Crippen molar-refractivity contribution in [3.05, 3.63) is 35.9 Å². The van der Waals surface area contributed by atoms with Crippen LogP contribution in [0.3, 0.4) is 0 Å². The molecule has 2 amide bonds. The summed E-state index contributed by atoms with van der Waals surface area (Å²) in [5, 5.41) is 5.03. The molecular weight excluding hydrogens is 312 g/mol. The van der Waals surface area contributed by atoms with Crippen LogP contribution >= 0.6 is 0 Å². The Hall–Kier alpha value is -2.57. The van der Waals surface area contributed by atoms with Crippen molar-refractivity contribution in [2.24, 2.45) is 5.92 Å². The van der Waals surface area contributed by atoms with Crippen LogP contribution in [0.2, 0.25) is 0 Å². The second-order valence-electron chi connectivity index (χ2n) is 5.68. The third-order valence-electron chi connectivity index (χ3n) is 3.35. The first-order valence-electron chi connectivity index (χ1n) is 7.70. The fraction of sp³-hybridized carbons (Fsp3) is 0.471. The molecule has 0 aliphatic heterocycles. The highest BCUT2D eigenvalue weighted by molar-refractivity contribution is 5.89. The van der Waals surface area contributed by atoms with Crippen molar-refractivity contribution in [2.75, 3.05) is 7.11 Å². The summed E-state index contributed by atoms with van der Waals surface area (Å²) in [4.78, 5) is 35.5. The summed E-state index contributed by atoms with van der Waals surface area (Å²) < 4.78 is 9.67. The molecule has 0 saturated heterocycles. The zero-order valence-corrected chi connectivity index (χ0v) is 14.4. The fourth-order valence-electron chi connectivity index (χ4n) is 1.97. The van der Waals surface area contributed by atoms with Crippen LogP contribution in [0.4, 0.5) is 4.79 Å². The minimum absolute atomic E-state index is 0.109. The molecular formula is C17H24N2O5. The Balaban J connectivity index is 2.56. The quantitative estimate of drug-likeness (QED) is 0.738. The van der Waals surface area contributed by atoms with Crippen molar-refractivity contribution < 1.29 is 23.9 Å².